The Bertz CT molecular complexity index is 1340. The van der Waals surface area contributed by atoms with E-state index in [0.717, 1.165) is 0 Å². The van der Waals surface area contributed by atoms with Crippen molar-refractivity contribution < 1.29 is 9.90 Å². The Labute approximate surface area is 198 Å². The van der Waals surface area contributed by atoms with Crippen molar-refractivity contribution in [2.24, 2.45) is 0 Å². The Morgan fingerprint density at radius 3 is 1.91 bits per heavy atom. The number of hydrogen-bond donors (Lipinski definition) is 2. The van der Waals surface area contributed by atoms with Crippen molar-refractivity contribution in [1.82, 2.24) is 14.7 Å². The second kappa shape index (κ2) is 9.12. The van der Waals surface area contributed by atoms with Crippen LogP contribution in [0.25, 0.3) is 11.4 Å². The van der Waals surface area contributed by atoms with Crippen LogP contribution < -0.4 is 10.9 Å². The van der Waals surface area contributed by atoms with Gasteiger partial charge in [0, 0.05) is 21.6 Å². The molecule has 0 saturated carbocycles. The van der Waals surface area contributed by atoms with E-state index in [1.807, 2.05) is 0 Å². The maximum Gasteiger partial charge on any atom is 0.288 e. The minimum atomic E-state index is -0.733. The molecule has 0 spiro atoms. The quantitative estimate of drug-likeness (QED) is 0.404. The number of hydrogen-bond acceptors (Lipinski definition) is 3. The van der Waals surface area contributed by atoms with Gasteiger partial charge in [-0.15, -0.1) is 0 Å². The van der Waals surface area contributed by atoms with Crippen molar-refractivity contribution in [2.45, 2.75) is 6.54 Å². The number of nitrogens with one attached hydrogen (secondary N) is 1. The first-order chi connectivity index (χ1) is 15.4. The molecule has 0 aliphatic heterocycles. The number of aromatic hydroxyl groups is 1. The maximum absolute atomic E-state index is 13.3. The van der Waals surface area contributed by atoms with Gasteiger partial charge in [0.25, 0.3) is 11.5 Å². The monoisotopic (exact) mass is 487 g/mol. The molecule has 6 nitrogen and oxygen atoms in total. The van der Waals surface area contributed by atoms with E-state index in [9.17, 15) is 14.7 Å². The zero-order chi connectivity index (χ0) is 22.8. The highest BCUT2D eigenvalue weighted by molar-refractivity contribution is 6.31. The second-order valence-electron chi connectivity index (χ2n) is 6.85. The number of carbonyl (C=O) groups excluding carboxylic acids is 1. The Balaban J connectivity index is 1.81. The zero-order valence-corrected chi connectivity index (χ0v) is 18.7. The normalized spacial score (nSPS) is 10.8. The van der Waals surface area contributed by atoms with Gasteiger partial charge in [-0.1, -0.05) is 53.0 Å². The third kappa shape index (κ3) is 4.25. The molecule has 4 rings (SSSR count). The first-order valence-electron chi connectivity index (χ1n) is 9.47. The molecule has 0 unspecified atom stereocenters. The highest BCUT2D eigenvalue weighted by Crippen LogP contribution is 2.25. The Morgan fingerprint density at radius 2 is 1.34 bits per heavy atom. The van der Waals surface area contributed by atoms with Gasteiger partial charge in [-0.3, -0.25) is 9.59 Å². The summed E-state index contributed by atoms with van der Waals surface area (Å²) in [6.07, 6.45) is 0. The SMILES string of the molecule is O=C(NCc1ccccc1Cl)c1c(O)n(-c2ccc(Cl)cc2)n(-c2ccc(Cl)cc2)c1=O. The molecule has 32 heavy (non-hydrogen) atoms. The molecule has 0 aliphatic rings. The molecule has 0 bridgehead atoms. The molecule has 1 heterocycles. The Hall–Kier alpha value is -3.19. The number of nitrogens with zero attached hydrogens (tertiary/aromatic N) is 2. The van der Waals surface area contributed by atoms with Crippen molar-refractivity contribution >= 4 is 40.7 Å². The van der Waals surface area contributed by atoms with Crippen LogP contribution in [0, 0.1) is 0 Å². The van der Waals surface area contributed by atoms with E-state index in [1.54, 1.807) is 72.8 Å². The highest BCUT2D eigenvalue weighted by Gasteiger charge is 2.27. The van der Waals surface area contributed by atoms with E-state index >= 15 is 0 Å². The van der Waals surface area contributed by atoms with Crippen molar-refractivity contribution in [3.05, 3.63) is 109 Å². The molecule has 2 N–H and O–H groups in total. The zero-order valence-electron chi connectivity index (χ0n) is 16.4. The molecule has 0 atom stereocenters. The predicted molar refractivity (Wildman–Crippen MR) is 126 cm³/mol. The molecule has 0 radical (unpaired) electrons. The summed E-state index contributed by atoms with van der Waals surface area (Å²) in [6.45, 7) is 0.0878. The fourth-order valence-corrected chi connectivity index (χ4v) is 3.69. The summed E-state index contributed by atoms with van der Waals surface area (Å²) in [7, 11) is 0. The van der Waals surface area contributed by atoms with Crippen LogP contribution in [-0.2, 0) is 6.54 Å². The topological polar surface area (TPSA) is 76.3 Å². The van der Waals surface area contributed by atoms with E-state index in [4.69, 9.17) is 34.8 Å². The third-order valence-electron chi connectivity index (χ3n) is 4.80. The van der Waals surface area contributed by atoms with E-state index in [0.29, 0.717) is 32.0 Å². The minimum Gasteiger partial charge on any atom is -0.493 e. The van der Waals surface area contributed by atoms with Gasteiger partial charge in [0.15, 0.2) is 5.56 Å². The van der Waals surface area contributed by atoms with E-state index < -0.39 is 22.9 Å². The lowest BCUT2D eigenvalue weighted by Gasteiger charge is -2.12. The maximum atomic E-state index is 13.3. The largest absolute Gasteiger partial charge is 0.493 e. The smallest absolute Gasteiger partial charge is 0.288 e. The summed E-state index contributed by atoms with van der Waals surface area (Å²) in [5, 5.41) is 15.0. The fourth-order valence-electron chi connectivity index (χ4n) is 3.23. The summed E-state index contributed by atoms with van der Waals surface area (Å²) in [6, 6.07) is 19.9. The lowest BCUT2D eigenvalue weighted by atomic mass is 10.2. The molecule has 1 aromatic heterocycles. The van der Waals surface area contributed by atoms with Gasteiger partial charge in [0.05, 0.1) is 11.4 Å². The van der Waals surface area contributed by atoms with Crippen LogP contribution in [-0.4, -0.2) is 20.4 Å². The summed E-state index contributed by atoms with van der Waals surface area (Å²) in [4.78, 5) is 26.2. The summed E-state index contributed by atoms with van der Waals surface area (Å²) >= 11 is 18.1. The molecular weight excluding hydrogens is 473 g/mol. The van der Waals surface area contributed by atoms with Crippen LogP contribution in [0.2, 0.25) is 15.1 Å². The molecule has 9 heteroatoms. The van der Waals surface area contributed by atoms with Crippen molar-refractivity contribution in [1.29, 1.82) is 0 Å². The molecule has 1 amide bonds. The fraction of sp³-hybridized carbons (Fsp3) is 0.0435. The number of carbonyl (C=O) groups is 1. The van der Waals surface area contributed by atoms with Crippen LogP contribution in [0.1, 0.15) is 15.9 Å². The lowest BCUT2D eigenvalue weighted by molar-refractivity contribution is 0.0947. The van der Waals surface area contributed by atoms with Crippen molar-refractivity contribution in [3.8, 4) is 17.3 Å². The number of halogens is 3. The Kier molecular flexibility index (Phi) is 6.28. The van der Waals surface area contributed by atoms with Gasteiger partial charge in [0.1, 0.15) is 0 Å². The first kappa shape index (κ1) is 22.0. The third-order valence-corrected chi connectivity index (χ3v) is 5.67. The lowest BCUT2D eigenvalue weighted by Crippen LogP contribution is -2.29. The van der Waals surface area contributed by atoms with Crippen LogP contribution in [0.3, 0.4) is 0 Å². The van der Waals surface area contributed by atoms with Gasteiger partial charge in [-0.05, 0) is 60.2 Å². The van der Waals surface area contributed by atoms with Gasteiger partial charge in [0.2, 0.25) is 5.88 Å². The number of aromatic nitrogens is 2. The summed E-state index contributed by atoms with van der Waals surface area (Å²) in [5.74, 6) is -1.24. The standard InChI is InChI=1S/C23H16Cl3N3O3/c24-15-5-9-17(10-6-15)28-22(31)20(21(30)27-13-14-3-1-2-4-19(14)26)23(32)29(28)18-11-7-16(25)8-12-18/h1-12,31H,13H2,(H,27,30). The van der Waals surface area contributed by atoms with Crippen LogP contribution in [0.5, 0.6) is 5.88 Å². The molecule has 4 aromatic rings. The van der Waals surface area contributed by atoms with Crippen molar-refractivity contribution in [3.63, 3.8) is 0 Å². The molecular formula is C23H16Cl3N3O3. The van der Waals surface area contributed by atoms with Gasteiger partial charge in [-0.2, -0.15) is 0 Å². The number of rotatable bonds is 5. The second-order valence-corrected chi connectivity index (χ2v) is 8.13. The van der Waals surface area contributed by atoms with Crippen LogP contribution in [0.4, 0.5) is 0 Å². The number of benzene rings is 3. The van der Waals surface area contributed by atoms with E-state index in [1.165, 1.54) is 9.36 Å². The molecule has 0 saturated heterocycles. The summed E-state index contributed by atoms with van der Waals surface area (Å²) < 4.78 is 2.44. The molecule has 0 fully saturated rings. The van der Waals surface area contributed by atoms with Gasteiger partial charge < -0.3 is 10.4 Å². The minimum absolute atomic E-state index is 0.0878. The van der Waals surface area contributed by atoms with Gasteiger partial charge in [-0.25, -0.2) is 9.36 Å². The van der Waals surface area contributed by atoms with E-state index in [-0.39, 0.29) is 6.54 Å². The van der Waals surface area contributed by atoms with Crippen LogP contribution in [0.15, 0.2) is 77.6 Å². The number of amides is 1. The predicted octanol–water partition coefficient (Wildman–Crippen LogP) is 5.22. The van der Waals surface area contributed by atoms with Gasteiger partial charge >= 0.3 is 0 Å². The Morgan fingerprint density at radius 1 is 0.812 bits per heavy atom. The summed E-state index contributed by atoms with van der Waals surface area (Å²) in [5.41, 5.74) is 0.425. The average molecular weight is 489 g/mol. The molecule has 0 aliphatic carbocycles. The first-order valence-corrected chi connectivity index (χ1v) is 10.6. The van der Waals surface area contributed by atoms with Crippen LogP contribution >= 0.6 is 34.8 Å². The van der Waals surface area contributed by atoms with Crippen molar-refractivity contribution in [2.75, 3.05) is 0 Å². The molecule has 162 valence electrons. The van der Waals surface area contributed by atoms with E-state index in [2.05, 4.69) is 5.32 Å². The molecule has 3 aromatic carbocycles. The highest BCUT2D eigenvalue weighted by atomic mass is 35.5. The average Bonchev–Trinajstić information content (AvgIpc) is 3.04.